The minimum Gasteiger partial charge on any atom is -0.341 e. The number of amides is 1. The van der Waals surface area contributed by atoms with Crippen molar-refractivity contribution in [2.75, 3.05) is 13.6 Å². The molecule has 0 unspecified atom stereocenters. The van der Waals surface area contributed by atoms with Gasteiger partial charge in [-0.3, -0.25) is 4.79 Å². The summed E-state index contributed by atoms with van der Waals surface area (Å²) in [5.74, 6) is 0.200. The predicted molar refractivity (Wildman–Crippen MR) is 58.9 cm³/mol. The Morgan fingerprint density at radius 1 is 1.14 bits per heavy atom. The average molecular weight is 191 g/mol. The van der Waals surface area contributed by atoms with Crippen molar-refractivity contribution in [3.05, 3.63) is 35.5 Å². The molecule has 1 heterocycles. The van der Waals surface area contributed by atoms with Gasteiger partial charge in [0.15, 0.2) is 0 Å². The second-order valence-electron chi connectivity index (χ2n) is 3.48. The van der Waals surface area contributed by atoms with E-state index in [1.165, 1.54) is 5.57 Å². The Morgan fingerprint density at radius 2 is 1.71 bits per heavy atom. The lowest BCUT2D eigenvalue weighted by Crippen LogP contribution is -2.32. The van der Waals surface area contributed by atoms with E-state index in [9.17, 15) is 4.79 Å². The normalized spacial score (nSPS) is 19.1. The van der Waals surface area contributed by atoms with Crippen LogP contribution < -0.4 is 0 Å². The highest BCUT2D eigenvalue weighted by atomic mass is 16.2. The highest BCUT2D eigenvalue weighted by Gasteiger charge is 2.18. The first kappa shape index (κ1) is 10.8. The van der Waals surface area contributed by atoms with E-state index in [0.717, 1.165) is 12.1 Å². The molecule has 76 valence electrons. The molecule has 0 bridgehead atoms. The van der Waals surface area contributed by atoms with E-state index in [1.807, 2.05) is 39.1 Å². The van der Waals surface area contributed by atoms with E-state index < -0.39 is 0 Å². The number of carbonyl (C=O) groups excluding carboxylic acids is 1. The van der Waals surface area contributed by atoms with Crippen LogP contribution in [0.25, 0.3) is 0 Å². The molecule has 0 spiro atoms. The second kappa shape index (κ2) is 4.80. The molecule has 0 N–H and O–H groups in total. The van der Waals surface area contributed by atoms with Gasteiger partial charge >= 0.3 is 0 Å². The number of rotatable bonds is 2. The molecule has 1 rings (SSSR count). The fourth-order valence-electron chi connectivity index (χ4n) is 1.58. The van der Waals surface area contributed by atoms with Gasteiger partial charge in [-0.2, -0.15) is 0 Å². The van der Waals surface area contributed by atoms with Crippen LogP contribution in [-0.2, 0) is 4.79 Å². The molecule has 2 heteroatoms. The summed E-state index contributed by atoms with van der Waals surface area (Å²) in [5, 5.41) is 0. The van der Waals surface area contributed by atoms with Crippen LogP contribution in [0.5, 0.6) is 0 Å². The largest absolute Gasteiger partial charge is 0.341 e. The second-order valence-corrected chi connectivity index (χ2v) is 3.48. The monoisotopic (exact) mass is 191 g/mol. The van der Waals surface area contributed by atoms with Crippen molar-refractivity contribution in [1.82, 2.24) is 4.90 Å². The Hall–Kier alpha value is -1.31. The van der Waals surface area contributed by atoms with E-state index >= 15 is 0 Å². The van der Waals surface area contributed by atoms with Crippen LogP contribution in [0.4, 0.5) is 0 Å². The zero-order valence-electron chi connectivity index (χ0n) is 9.08. The molecular weight excluding hydrogens is 174 g/mol. The van der Waals surface area contributed by atoms with Crippen molar-refractivity contribution in [3.63, 3.8) is 0 Å². The lowest BCUT2D eigenvalue weighted by Gasteiger charge is -2.25. The van der Waals surface area contributed by atoms with Gasteiger partial charge in [0.05, 0.1) is 6.42 Å². The first-order chi connectivity index (χ1) is 6.69. The highest BCUT2D eigenvalue weighted by Crippen LogP contribution is 2.20. The molecule has 0 aromatic heterocycles. The number of hydrogen-bond acceptors (Lipinski definition) is 1. The van der Waals surface area contributed by atoms with Gasteiger partial charge in [-0.15, -0.1) is 0 Å². The van der Waals surface area contributed by atoms with Gasteiger partial charge in [-0.05, 0) is 25.0 Å². The van der Waals surface area contributed by atoms with Gasteiger partial charge < -0.3 is 4.90 Å². The van der Waals surface area contributed by atoms with E-state index in [1.54, 1.807) is 4.90 Å². The summed E-state index contributed by atoms with van der Waals surface area (Å²) in [6.07, 6.45) is 8.64. The van der Waals surface area contributed by atoms with Gasteiger partial charge in [-0.1, -0.05) is 24.3 Å². The number of allylic oxidation sites excluding steroid dienone is 3. The molecule has 0 saturated heterocycles. The molecule has 1 aliphatic heterocycles. The maximum Gasteiger partial charge on any atom is 0.227 e. The molecule has 0 aliphatic carbocycles. The molecular formula is C12H17NO. The molecule has 2 nitrogen and oxygen atoms in total. The molecule has 14 heavy (non-hydrogen) atoms. The summed E-state index contributed by atoms with van der Waals surface area (Å²) in [7, 11) is 1.85. The van der Waals surface area contributed by atoms with E-state index in [4.69, 9.17) is 0 Å². The number of likely N-dealkylation sites (N-methyl/N-ethyl adjacent to an activating group) is 1. The van der Waals surface area contributed by atoms with E-state index in [0.29, 0.717) is 6.42 Å². The zero-order chi connectivity index (χ0) is 10.6. The zero-order valence-corrected chi connectivity index (χ0v) is 9.08. The number of hydrogen-bond donors (Lipinski definition) is 0. The summed E-state index contributed by atoms with van der Waals surface area (Å²) >= 11 is 0. The van der Waals surface area contributed by atoms with Crippen LogP contribution in [0.15, 0.2) is 35.5 Å². The van der Waals surface area contributed by atoms with Crippen molar-refractivity contribution in [1.29, 1.82) is 0 Å². The molecule has 0 aromatic rings. The molecule has 0 radical (unpaired) electrons. The molecule has 1 amide bonds. The van der Waals surface area contributed by atoms with E-state index in [-0.39, 0.29) is 5.91 Å². The summed E-state index contributed by atoms with van der Waals surface area (Å²) < 4.78 is 0. The summed E-state index contributed by atoms with van der Waals surface area (Å²) in [5.41, 5.74) is 2.39. The van der Waals surface area contributed by atoms with Crippen molar-refractivity contribution in [2.45, 2.75) is 20.3 Å². The average Bonchev–Trinajstić information content (AvgIpc) is 2.14. The minimum atomic E-state index is 0.200. The Kier molecular flexibility index (Phi) is 3.69. The molecule has 1 aliphatic rings. The molecule has 0 atom stereocenters. The SMILES string of the molecule is C/C=C\C1=C(/C=C\C)CN(C)C(=O)C1. The van der Waals surface area contributed by atoms with Crippen LogP contribution in [0.2, 0.25) is 0 Å². The summed E-state index contributed by atoms with van der Waals surface area (Å²) in [6.45, 7) is 4.70. The van der Waals surface area contributed by atoms with Gasteiger partial charge in [0.25, 0.3) is 0 Å². The van der Waals surface area contributed by atoms with Crippen molar-refractivity contribution in [2.24, 2.45) is 0 Å². The summed E-state index contributed by atoms with van der Waals surface area (Å²) in [6, 6.07) is 0. The third-order valence-corrected chi connectivity index (χ3v) is 2.32. The van der Waals surface area contributed by atoms with Crippen molar-refractivity contribution < 1.29 is 4.79 Å². The maximum absolute atomic E-state index is 11.5. The Balaban J connectivity index is 3.00. The third kappa shape index (κ3) is 2.34. The van der Waals surface area contributed by atoms with Gasteiger partial charge in [0.1, 0.15) is 0 Å². The lowest BCUT2D eigenvalue weighted by molar-refractivity contribution is -0.129. The van der Waals surface area contributed by atoms with Gasteiger partial charge in [0.2, 0.25) is 5.91 Å². The van der Waals surface area contributed by atoms with E-state index in [2.05, 4.69) is 6.08 Å². The van der Waals surface area contributed by atoms with Gasteiger partial charge in [0, 0.05) is 13.6 Å². The topological polar surface area (TPSA) is 20.3 Å². The molecule has 0 fully saturated rings. The Labute approximate surface area is 85.6 Å². The first-order valence-corrected chi connectivity index (χ1v) is 4.90. The minimum absolute atomic E-state index is 0.200. The number of nitrogens with zero attached hydrogens (tertiary/aromatic N) is 1. The predicted octanol–water partition coefficient (Wildman–Crippen LogP) is 2.30. The van der Waals surface area contributed by atoms with Gasteiger partial charge in [-0.25, -0.2) is 0 Å². The van der Waals surface area contributed by atoms with Crippen LogP contribution >= 0.6 is 0 Å². The Morgan fingerprint density at radius 3 is 2.29 bits per heavy atom. The fourth-order valence-corrected chi connectivity index (χ4v) is 1.58. The van der Waals surface area contributed by atoms with Crippen LogP contribution in [0, 0.1) is 0 Å². The smallest absolute Gasteiger partial charge is 0.227 e. The Bertz CT molecular complexity index is 310. The fraction of sp³-hybridized carbons (Fsp3) is 0.417. The maximum atomic E-state index is 11.5. The van der Waals surface area contributed by atoms with Crippen LogP contribution in [0.3, 0.4) is 0 Å². The first-order valence-electron chi connectivity index (χ1n) is 4.90. The lowest BCUT2D eigenvalue weighted by atomic mass is 9.99. The molecule has 0 saturated carbocycles. The third-order valence-electron chi connectivity index (χ3n) is 2.32. The van der Waals surface area contributed by atoms with Crippen LogP contribution in [0.1, 0.15) is 20.3 Å². The molecule has 0 aromatic carbocycles. The quantitative estimate of drug-likeness (QED) is 0.656. The van der Waals surface area contributed by atoms with Crippen LogP contribution in [-0.4, -0.2) is 24.4 Å². The highest BCUT2D eigenvalue weighted by molar-refractivity contribution is 5.81. The number of carbonyl (C=O) groups is 1. The van der Waals surface area contributed by atoms with Crippen molar-refractivity contribution in [3.8, 4) is 0 Å². The summed E-state index contributed by atoms with van der Waals surface area (Å²) in [4.78, 5) is 13.2. The standard InChI is InChI=1S/C12H17NO/c1-4-6-10-8-12(14)13(3)9-11(10)7-5-2/h4-7H,8-9H2,1-3H3/b6-4-,7-5-. The van der Waals surface area contributed by atoms with Crippen molar-refractivity contribution >= 4 is 5.91 Å².